The van der Waals surface area contributed by atoms with Crippen LogP contribution in [0.4, 0.5) is 0 Å². The fourth-order valence-electron chi connectivity index (χ4n) is 2.06. The van der Waals surface area contributed by atoms with Crippen molar-refractivity contribution in [3.63, 3.8) is 0 Å². The Bertz CT molecular complexity index is 739. The fourth-order valence-corrected chi connectivity index (χ4v) is 3.20. The quantitative estimate of drug-likeness (QED) is 0.615. The number of imidazole rings is 1. The Labute approximate surface area is 144 Å². The van der Waals surface area contributed by atoms with Gasteiger partial charge in [-0.3, -0.25) is 4.79 Å². The number of nitrogens with one attached hydrogen (secondary N) is 1. The summed E-state index contributed by atoms with van der Waals surface area (Å²) >= 11 is 7.42. The van der Waals surface area contributed by atoms with Crippen LogP contribution < -0.4 is 5.32 Å². The molecule has 0 aliphatic carbocycles. The average molecular weight is 352 g/mol. The zero-order valence-electron chi connectivity index (χ0n) is 13.0. The van der Waals surface area contributed by atoms with Crippen molar-refractivity contribution in [2.45, 2.75) is 23.9 Å². The Kier molecular flexibility index (Phi) is 6.34. The zero-order valence-corrected chi connectivity index (χ0v) is 14.6. The van der Waals surface area contributed by atoms with Gasteiger partial charge in [0.15, 0.2) is 5.16 Å². The average Bonchev–Trinajstić information content (AvgIpc) is 2.86. The van der Waals surface area contributed by atoms with Gasteiger partial charge in [0.25, 0.3) is 0 Å². The summed E-state index contributed by atoms with van der Waals surface area (Å²) in [5.41, 5.74) is 1.76. The third kappa shape index (κ3) is 4.41. The molecule has 1 unspecified atom stereocenters. The number of rotatable bonds is 7. The summed E-state index contributed by atoms with van der Waals surface area (Å²) in [5.74, 6) is 2.28. The number of hydrogen-bond donors (Lipinski definition) is 1. The number of ether oxygens (including phenoxy) is 1. The highest BCUT2D eigenvalue weighted by Gasteiger charge is 2.19. The van der Waals surface area contributed by atoms with Crippen molar-refractivity contribution in [1.82, 2.24) is 14.9 Å². The Morgan fingerprint density at radius 3 is 3.09 bits per heavy atom. The lowest BCUT2D eigenvalue weighted by atomic mass is 10.3. The first-order valence-electron chi connectivity index (χ1n) is 7.09. The van der Waals surface area contributed by atoms with Crippen LogP contribution in [0.25, 0.3) is 11.0 Å². The summed E-state index contributed by atoms with van der Waals surface area (Å²) in [6.45, 7) is 3.25. The van der Waals surface area contributed by atoms with Gasteiger partial charge in [0.1, 0.15) is 0 Å². The number of nitrogens with zero attached hydrogens (tertiary/aromatic N) is 2. The third-order valence-electron chi connectivity index (χ3n) is 3.21. The third-order valence-corrected chi connectivity index (χ3v) is 4.54. The van der Waals surface area contributed by atoms with Gasteiger partial charge in [-0.15, -0.1) is 6.42 Å². The molecule has 1 aromatic heterocycles. The molecule has 23 heavy (non-hydrogen) atoms. The van der Waals surface area contributed by atoms with Crippen LogP contribution in [0.15, 0.2) is 23.4 Å². The Balaban J connectivity index is 2.27. The first-order chi connectivity index (χ1) is 11.1. The molecule has 5 nitrogen and oxygen atoms in total. The number of thioether (sulfide) groups is 1. The predicted molar refractivity (Wildman–Crippen MR) is 93.8 cm³/mol. The molecule has 0 saturated heterocycles. The minimum atomic E-state index is -0.308. The lowest BCUT2D eigenvalue weighted by molar-refractivity contribution is -0.120. The van der Waals surface area contributed by atoms with Crippen LogP contribution in [0.1, 0.15) is 6.92 Å². The normalized spacial score (nSPS) is 12.1. The number of carbonyl (C=O) groups is 1. The van der Waals surface area contributed by atoms with Crippen LogP contribution in [-0.4, -0.2) is 41.0 Å². The number of hydrogen-bond acceptors (Lipinski definition) is 4. The summed E-state index contributed by atoms with van der Waals surface area (Å²) in [4.78, 5) is 16.6. The molecule has 1 aromatic carbocycles. The molecule has 2 aromatic rings. The molecule has 1 N–H and O–H groups in total. The summed E-state index contributed by atoms with van der Waals surface area (Å²) < 4.78 is 7.20. The summed E-state index contributed by atoms with van der Waals surface area (Å²) in [5, 5.41) is 3.75. The highest BCUT2D eigenvalue weighted by Crippen LogP contribution is 2.28. The molecule has 0 saturated carbocycles. The minimum absolute atomic E-state index is 0.115. The van der Waals surface area contributed by atoms with E-state index in [1.165, 1.54) is 11.8 Å². The first-order valence-corrected chi connectivity index (χ1v) is 8.35. The second-order valence-corrected chi connectivity index (χ2v) is 6.60. The molecule has 0 aliphatic heterocycles. The number of benzene rings is 1. The van der Waals surface area contributed by atoms with Gasteiger partial charge in [-0.1, -0.05) is 29.3 Å². The van der Waals surface area contributed by atoms with Crippen molar-refractivity contribution in [2.75, 3.05) is 20.3 Å². The van der Waals surface area contributed by atoms with Gasteiger partial charge >= 0.3 is 0 Å². The number of fused-ring (bicyclic) bond motifs is 1. The van der Waals surface area contributed by atoms with Crippen molar-refractivity contribution >= 4 is 40.3 Å². The van der Waals surface area contributed by atoms with E-state index >= 15 is 0 Å². The van der Waals surface area contributed by atoms with E-state index in [2.05, 4.69) is 16.2 Å². The Morgan fingerprint density at radius 2 is 2.39 bits per heavy atom. The second kappa shape index (κ2) is 8.25. The minimum Gasteiger partial charge on any atom is -0.383 e. The fraction of sp³-hybridized carbons (Fsp3) is 0.375. The topological polar surface area (TPSA) is 56.2 Å². The monoisotopic (exact) mass is 351 g/mol. The van der Waals surface area contributed by atoms with E-state index in [1.807, 2.05) is 29.7 Å². The van der Waals surface area contributed by atoms with Crippen LogP contribution >= 0.6 is 23.4 Å². The molecule has 7 heteroatoms. The number of amides is 1. The number of carbonyl (C=O) groups excluding carboxylic acids is 1. The van der Waals surface area contributed by atoms with Crippen molar-refractivity contribution < 1.29 is 9.53 Å². The van der Waals surface area contributed by atoms with E-state index in [-0.39, 0.29) is 17.7 Å². The van der Waals surface area contributed by atoms with Crippen LogP contribution in [0.3, 0.4) is 0 Å². The molecule has 2 rings (SSSR count). The predicted octanol–water partition coefficient (Wildman–Crippen LogP) is 2.57. The first kappa shape index (κ1) is 17.7. The van der Waals surface area contributed by atoms with Gasteiger partial charge in [0, 0.05) is 18.7 Å². The van der Waals surface area contributed by atoms with Crippen molar-refractivity contribution in [2.24, 2.45) is 0 Å². The standard InChI is InChI=1S/C16H18ClN3O2S/c1-4-7-18-15(21)11(2)23-16-19-13-10-12(17)5-6-14(13)20(16)8-9-22-3/h1,5-6,10-11H,7-9H2,2-3H3,(H,18,21). The Morgan fingerprint density at radius 1 is 1.61 bits per heavy atom. The van der Waals surface area contributed by atoms with Gasteiger partial charge in [0.2, 0.25) is 5.91 Å². The van der Waals surface area contributed by atoms with Gasteiger partial charge in [0.05, 0.1) is 29.4 Å². The van der Waals surface area contributed by atoms with Crippen molar-refractivity contribution in [3.8, 4) is 12.3 Å². The van der Waals surface area contributed by atoms with Crippen LogP contribution in [0.2, 0.25) is 5.02 Å². The van der Waals surface area contributed by atoms with Gasteiger partial charge < -0.3 is 14.6 Å². The van der Waals surface area contributed by atoms with E-state index in [1.54, 1.807) is 7.11 Å². The number of methoxy groups -OCH3 is 1. The van der Waals surface area contributed by atoms with E-state index in [4.69, 9.17) is 22.8 Å². The maximum Gasteiger partial charge on any atom is 0.234 e. The molecule has 1 atom stereocenters. The van der Waals surface area contributed by atoms with Crippen LogP contribution in [-0.2, 0) is 16.1 Å². The molecule has 122 valence electrons. The SMILES string of the molecule is C#CCNC(=O)C(C)Sc1nc2cc(Cl)ccc2n1CCOC. The van der Waals surface area contributed by atoms with Gasteiger partial charge in [-0.2, -0.15) is 0 Å². The number of aromatic nitrogens is 2. The second-order valence-electron chi connectivity index (χ2n) is 4.85. The lowest BCUT2D eigenvalue weighted by Gasteiger charge is -2.12. The maximum absolute atomic E-state index is 12.0. The van der Waals surface area contributed by atoms with Gasteiger partial charge in [-0.25, -0.2) is 4.98 Å². The lowest BCUT2D eigenvalue weighted by Crippen LogP contribution is -2.31. The van der Waals surface area contributed by atoms with E-state index in [0.29, 0.717) is 18.2 Å². The van der Waals surface area contributed by atoms with E-state index in [9.17, 15) is 4.79 Å². The molecule has 1 heterocycles. The maximum atomic E-state index is 12.0. The molecule has 0 radical (unpaired) electrons. The number of terminal acetylenes is 1. The van der Waals surface area contributed by atoms with Crippen LogP contribution in [0.5, 0.6) is 0 Å². The van der Waals surface area contributed by atoms with Gasteiger partial charge in [-0.05, 0) is 25.1 Å². The molecular weight excluding hydrogens is 334 g/mol. The molecule has 0 bridgehead atoms. The summed E-state index contributed by atoms with van der Waals surface area (Å²) in [6.07, 6.45) is 5.16. The number of halogens is 1. The smallest absolute Gasteiger partial charge is 0.234 e. The molecule has 0 aliphatic rings. The van der Waals surface area contributed by atoms with E-state index in [0.717, 1.165) is 16.2 Å². The summed E-state index contributed by atoms with van der Waals surface area (Å²) in [7, 11) is 1.65. The molecule has 1 amide bonds. The van der Waals surface area contributed by atoms with Crippen LogP contribution in [0, 0.1) is 12.3 Å². The van der Waals surface area contributed by atoms with Crippen molar-refractivity contribution in [3.05, 3.63) is 23.2 Å². The molecular formula is C16H18ClN3O2S. The molecule has 0 fully saturated rings. The highest BCUT2D eigenvalue weighted by molar-refractivity contribution is 8.00. The Hall–Kier alpha value is -1.68. The van der Waals surface area contributed by atoms with E-state index < -0.39 is 0 Å². The molecule has 0 spiro atoms. The zero-order chi connectivity index (χ0) is 16.8. The summed E-state index contributed by atoms with van der Waals surface area (Å²) in [6, 6.07) is 5.56. The highest BCUT2D eigenvalue weighted by atomic mass is 35.5. The van der Waals surface area contributed by atoms with Crippen molar-refractivity contribution in [1.29, 1.82) is 0 Å². The largest absolute Gasteiger partial charge is 0.383 e.